The molecule has 5 heteroatoms. The summed E-state index contributed by atoms with van der Waals surface area (Å²) >= 11 is 0. The molecule has 1 aromatic heterocycles. The fourth-order valence-electron chi connectivity index (χ4n) is 3.75. The quantitative estimate of drug-likeness (QED) is 0.771. The number of fused-ring (bicyclic) bond motifs is 1. The van der Waals surface area contributed by atoms with Crippen molar-refractivity contribution in [3.63, 3.8) is 0 Å². The van der Waals surface area contributed by atoms with E-state index in [4.69, 9.17) is 0 Å². The van der Waals surface area contributed by atoms with E-state index in [0.29, 0.717) is 12.3 Å². The third kappa shape index (κ3) is 3.62. The number of rotatable bonds is 4. The molecule has 4 rings (SSSR count). The van der Waals surface area contributed by atoms with Crippen LogP contribution in [0.4, 0.5) is 4.39 Å². The Kier molecular flexibility index (Phi) is 4.69. The van der Waals surface area contributed by atoms with E-state index in [1.165, 1.54) is 17.7 Å². The molecule has 4 nitrogen and oxygen atoms in total. The number of benzene rings is 2. The zero-order valence-corrected chi connectivity index (χ0v) is 14.6. The number of aromatic amines is 1. The summed E-state index contributed by atoms with van der Waals surface area (Å²) in [6, 6.07) is 12.9. The van der Waals surface area contributed by atoms with E-state index in [2.05, 4.69) is 22.3 Å². The van der Waals surface area contributed by atoms with E-state index in [1.54, 1.807) is 6.20 Å². The normalized spacial score (nSPS) is 15.5. The fourth-order valence-corrected chi connectivity index (χ4v) is 3.75. The van der Waals surface area contributed by atoms with Crippen LogP contribution in [0, 0.1) is 5.82 Å². The van der Waals surface area contributed by atoms with Gasteiger partial charge in [0.15, 0.2) is 0 Å². The van der Waals surface area contributed by atoms with Gasteiger partial charge in [-0.3, -0.25) is 9.89 Å². The van der Waals surface area contributed by atoms with Gasteiger partial charge in [0, 0.05) is 24.9 Å². The highest BCUT2D eigenvalue weighted by atomic mass is 19.1. The number of hydrogen-bond acceptors (Lipinski definition) is 2. The molecule has 0 unspecified atom stereocenters. The van der Waals surface area contributed by atoms with Crippen molar-refractivity contribution in [3.05, 3.63) is 65.6 Å². The summed E-state index contributed by atoms with van der Waals surface area (Å²) in [6.07, 6.45) is 4.97. The minimum Gasteiger partial charge on any atom is -0.343 e. The summed E-state index contributed by atoms with van der Waals surface area (Å²) in [5, 5.41) is 8.04. The van der Waals surface area contributed by atoms with Crippen molar-refractivity contribution in [2.75, 3.05) is 13.1 Å². The van der Waals surface area contributed by atoms with Crippen LogP contribution >= 0.6 is 0 Å². The smallest absolute Gasteiger partial charge is 0.222 e. The van der Waals surface area contributed by atoms with Gasteiger partial charge in [0.25, 0.3) is 0 Å². The molecular formula is C21H22FN3O. The highest BCUT2D eigenvalue weighted by molar-refractivity contribution is 5.79. The number of nitrogens with zero attached hydrogens (tertiary/aromatic N) is 2. The lowest BCUT2D eigenvalue weighted by Crippen LogP contribution is -2.38. The second-order valence-corrected chi connectivity index (χ2v) is 7.00. The molecule has 1 aliphatic heterocycles. The molecule has 1 N–H and O–H groups in total. The van der Waals surface area contributed by atoms with Crippen molar-refractivity contribution in [3.8, 4) is 0 Å². The maximum absolute atomic E-state index is 13.1. The molecule has 0 aliphatic carbocycles. The average molecular weight is 351 g/mol. The van der Waals surface area contributed by atoms with Crippen molar-refractivity contribution in [1.29, 1.82) is 0 Å². The van der Waals surface area contributed by atoms with Crippen LogP contribution in [0.1, 0.15) is 36.3 Å². The molecule has 0 radical (unpaired) electrons. The SMILES string of the molecule is O=C(CCc1ccc2[nH]ncc2c1)N1CCC(c2ccc(F)cc2)CC1. The largest absolute Gasteiger partial charge is 0.343 e. The zero-order chi connectivity index (χ0) is 17.9. The summed E-state index contributed by atoms with van der Waals surface area (Å²) in [5.41, 5.74) is 3.35. The molecule has 1 fully saturated rings. The first-order chi connectivity index (χ1) is 12.7. The molecule has 0 bridgehead atoms. The van der Waals surface area contributed by atoms with Gasteiger partial charge in [-0.05, 0) is 60.6 Å². The second kappa shape index (κ2) is 7.28. The van der Waals surface area contributed by atoms with Gasteiger partial charge in [0.2, 0.25) is 5.91 Å². The van der Waals surface area contributed by atoms with Crippen LogP contribution in [-0.4, -0.2) is 34.1 Å². The van der Waals surface area contributed by atoms with E-state index in [1.807, 2.05) is 23.1 Å². The highest BCUT2D eigenvalue weighted by Gasteiger charge is 2.23. The van der Waals surface area contributed by atoms with Gasteiger partial charge in [-0.25, -0.2) is 4.39 Å². The monoisotopic (exact) mass is 351 g/mol. The number of aryl methyl sites for hydroxylation is 1. The van der Waals surface area contributed by atoms with E-state index in [0.717, 1.165) is 48.8 Å². The molecule has 134 valence electrons. The Morgan fingerprint density at radius 1 is 1.15 bits per heavy atom. The molecular weight excluding hydrogens is 329 g/mol. The number of piperidine rings is 1. The number of halogens is 1. The summed E-state index contributed by atoms with van der Waals surface area (Å²) in [5.74, 6) is 0.438. The number of carbonyl (C=O) groups is 1. The van der Waals surface area contributed by atoms with Crippen molar-refractivity contribution < 1.29 is 9.18 Å². The Morgan fingerprint density at radius 2 is 1.92 bits per heavy atom. The minimum atomic E-state index is -0.199. The first kappa shape index (κ1) is 16.8. The first-order valence-corrected chi connectivity index (χ1v) is 9.14. The summed E-state index contributed by atoms with van der Waals surface area (Å²) in [7, 11) is 0. The molecule has 0 atom stereocenters. The molecule has 2 heterocycles. The molecule has 3 aromatic rings. The first-order valence-electron chi connectivity index (χ1n) is 9.14. The average Bonchev–Trinajstić information content (AvgIpc) is 3.15. The van der Waals surface area contributed by atoms with Crippen molar-refractivity contribution in [2.24, 2.45) is 0 Å². The predicted octanol–water partition coefficient (Wildman–Crippen LogP) is 4.04. The van der Waals surface area contributed by atoms with Crippen LogP contribution in [0.5, 0.6) is 0 Å². The van der Waals surface area contributed by atoms with Crippen molar-refractivity contribution >= 4 is 16.8 Å². The van der Waals surface area contributed by atoms with Gasteiger partial charge in [0.1, 0.15) is 5.82 Å². The van der Waals surface area contributed by atoms with Crippen LogP contribution < -0.4 is 0 Å². The van der Waals surface area contributed by atoms with Gasteiger partial charge in [-0.15, -0.1) is 0 Å². The van der Waals surface area contributed by atoms with E-state index >= 15 is 0 Å². The van der Waals surface area contributed by atoms with E-state index in [9.17, 15) is 9.18 Å². The van der Waals surface area contributed by atoms with Gasteiger partial charge in [-0.2, -0.15) is 5.10 Å². The van der Waals surface area contributed by atoms with Gasteiger partial charge < -0.3 is 4.90 Å². The maximum Gasteiger partial charge on any atom is 0.222 e. The molecule has 0 spiro atoms. The number of hydrogen-bond donors (Lipinski definition) is 1. The van der Waals surface area contributed by atoms with Crippen LogP contribution in [0.3, 0.4) is 0 Å². The third-order valence-corrected chi connectivity index (χ3v) is 5.32. The van der Waals surface area contributed by atoms with Crippen LogP contribution in [-0.2, 0) is 11.2 Å². The number of H-pyrrole nitrogens is 1. The molecule has 1 aliphatic rings. The Balaban J connectivity index is 1.29. The highest BCUT2D eigenvalue weighted by Crippen LogP contribution is 2.28. The standard InChI is InChI=1S/C21H22FN3O/c22-19-5-3-16(4-6-19)17-9-11-25(12-10-17)21(26)8-2-15-1-7-20-18(13-15)14-23-24-20/h1,3-7,13-14,17H,2,8-12H2,(H,23,24). The second-order valence-electron chi connectivity index (χ2n) is 7.00. The summed E-state index contributed by atoms with van der Waals surface area (Å²) in [6.45, 7) is 1.56. The molecule has 2 aromatic carbocycles. The Bertz CT molecular complexity index is 895. The molecule has 1 amide bonds. The minimum absolute atomic E-state index is 0.199. The fraction of sp³-hybridized carbons (Fsp3) is 0.333. The Hall–Kier alpha value is -2.69. The Labute approximate surface area is 152 Å². The Morgan fingerprint density at radius 3 is 2.69 bits per heavy atom. The number of amides is 1. The summed E-state index contributed by atoms with van der Waals surface area (Å²) in [4.78, 5) is 14.5. The van der Waals surface area contributed by atoms with Gasteiger partial charge in [0.05, 0.1) is 11.7 Å². The number of aromatic nitrogens is 2. The van der Waals surface area contributed by atoms with Crippen molar-refractivity contribution in [2.45, 2.75) is 31.6 Å². The van der Waals surface area contributed by atoms with Gasteiger partial charge in [-0.1, -0.05) is 18.2 Å². The lowest BCUT2D eigenvalue weighted by Gasteiger charge is -2.32. The molecule has 0 saturated carbocycles. The predicted molar refractivity (Wildman–Crippen MR) is 99.4 cm³/mol. The van der Waals surface area contributed by atoms with E-state index < -0.39 is 0 Å². The van der Waals surface area contributed by atoms with Gasteiger partial charge >= 0.3 is 0 Å². The zero-order valence-electron chi connectivity index (χ0n) is 14.6. The topological polar surface area (TPSA) is 49.0 Å². The number of likely N-dealkylation sites (tertiary alicyclic amines) is 1. The van der Waals surface area contributed by atoms with Crippen molar-refractivity contribution in [1.82, 2.24) is 15.1 Å². The number of carbonyl (C=O) groups excluding carboxylic acids is 1. The van der Waals surface area contributed by atoms with Crippen LogP contribution in [0.2, 0.25) is 0 Å². The van der Waals surface area contributed by atoms with Crippen LogP contribution in [0.15, 0.2) is 48.7 Å². The lowest BCUT2D eigenvalue weighted by molar-refractivity contribution is -0.132. The number of nitrogens with one attached hydrogen (secondary N) is 1. The third-order valence-electron chi connectivity index (χ3n) is 5.32. The lowest BCUT2D eigenvalue weighted by atomic mass is 9.89. The molecule has 1 saturated heterocycles. The van der Waals surface area contributed by atoms with E-state index in [-0.39, 0.29) is 11.7 Å². The molecule has 26 heavy (non-hydrogen) atoms. The van der Waals surface area contributed by atoms with Crippen LogP contribution in [0.25, 0.3) is 10.9 Å². The maximum atomic E-state index is 13.1. The summed E-state index contributed by atoms with van der Waals surface area (Å²) < 4.78 is 13.1.